The molecule has 1 aromatic carbocycles. The summed E-state index contributed by atoms with van der Waals surface area (Å²) in [6.45, 7) is 7.43. The van der Waals surface area contributed by atoms with Crippen molar-refractivity contribution in [3.8, 4) is 11.7 Å². The number of halogens is 3. The first-order chi connectivity index (χ1) is 9.68. The molecule has 2 nitrogen and oxygen atoms in total. The van der Waals surface area contributed by atoms with Gasteiger partial charge in [-0.3, -0.25) is 0 Å². The van der Waals surface area contributed by atoms with Crippen molar-refractivity contribution in [3.63, 3.8) is 0 Å². The predicted octanol–water partition coefficient (Wildman–Crippen LogP) is 3.93. The molecule has 0 atom stereocenters. The number of alkyl halides is 3. The third-order valence-electron chi connectivity index (χ3n) is 2.34. The Hall–Kier alpha value is -1.45. The van der Waals surface area contributed by atoms with Crippen LogP contribution < -0.4 is 0 Å². The molecule has 0 amide bonds. The second kappa shape index (κ2) is 7.53. The summed E-state index contributed by atoms with van der Waals surface area (Å²) in [7, 11) is -0.702. The molecule has 0 fully saturated rings. The van der Waals surface area contributed by atoms with Crippen LogP contribution in [0.3, 0.4) is 0 Å². The maximum Gasteiger partial charge on any atom is 0.550 e. The quantitative estimate of drug-likeness (QED) is 0.619. The van der Waals surface area contributed by atoms with Crippen molar-refractivity contribution in [1.29, 1.82) is 0 Å². The Labute approximate surface area is 123 Å². The van der Waals surface area contributed by atoms with E-state index < -0.39 is 18.9 Å². The summed E-state index contributed by atoms with van der Waals surface area (Å²) in [5.74, 6) is 5.55. The van der Waals surface area contributed by atoms with Gasteiger partial charge in [0, 0.05) is 17.8 Å². The van der Waals surface area contributed by atoms with E-state index in [9.17, 15) is 13.2 Å². The van der Waals surface area contributed by atoms with Gasteiger partial charge in [0.1, 0.15) is 0 Å². The van der Waals surface area contributed by atoms with Crippen molar-refractivity contribution in [3.05, 3.63) is 35.4 Å². The van der Waals surface area contributed by atoms with E-state index in [0.29, 0.717) is 5.56 Å². The predicted molar refractivity (Wildman–Crippen MR) is 76.5 cm³/mol. The van der Waals surface area contributed by atoms with Gasteiger partial charge in [0.15, 0.2) is 0 Å². The molecular weight excluding hydrogens is 280 g/mol. The molecule has 0 bridgehead atoms. The molecule has 0 heterocycles. The van der Waals surface area contributed by atoms with E-state index in [2.05, 4.69) is 11.7 Å². The highest BCUT2D eigenvalue weighted by Crippen LogP contribution is 2.28. The molecule has 6 heteroatoms. The van der Waals surface area contributed by atoms with Crippen LogP contribution in [0.1, 0.15) is 38.8 Å². The minimum atomic E-state index is -4.34. The van der Waals surface area contributed by atoms with Crippen LogP contribution in [0.2, 0.25) is 0 Å². The summed E-state index contributed by atoms with van der Waals surface area (Å²) in [5.41, 5.74) is -0.214. The van der Waals surface area contributed by atoms with Crippen molar-refractivity contribution < 1.29 is 22.5 Å². The first-order valence-electron chi connectivity index (χ1n) is 6.68. The van der Waals surface area contributed by atoms with E-state index in [-0.39, 0.29) is 12.2 Å². The number of rotatable bonds is 4. The van der Waals surface area contributed by atoms with E-state index in [0.717, 1.165) is 12.1 Å². The molecule has 1 rings (SSSR count). The summed E-state index contributed by atoms with van der Waals surface area (Å²) in [6.07, 6.45) is -4.46. The minimum Gasteiger partial charge on any atom is -0.398 e. The third kappa shape index (κ3) is 6.70. The summed E-state index contributed by atoms with van der Waals surface area (Å²) >= 11 is 0. The van der Waals surface area contributed by atoms with E-state index >= 15 is 0 Å². The topological polar surface area (TPSA) is 18.5 Å². The first-order valence-corrected chi connectivity index (χ1v) is 6.68. The lowest BCUT2D eigenvalue weighted by Gasteiger charge is -2.14. The maximum absolute atomic E-state index is 12.4. The minimum absolute atomic E-state index is 0.0596. The zero-order chi connectivity index (χ0) is 16.0. The van der Waals surface area contributed by atoms with Crippen LogP contribution in [-0.4, -0.2) is 19.3 Å². The van der Waals surface area contributed by atoms with Gasteiger partial charge in [0.2, 0.25) is 0 Å². The molecule has 0 aliphatic rings. The van der Waals surface area contributed by atoms with Crippen LogP contribution in [0.4, 0.5) is 13.2 Å². The Bertz CT molecular complexity index is 488. The molecule has 0 saturated heterocycles. The smallest absolute Gasteiger partial charge is 0.398 e. The van der Waals surface area contributed by atoms with E-state index in [1.807, 2.05) is 27.7 Å². The number of hydrogen-bond donors (Lipinski definition) is 0. The van der Waals surface area contributed by atoms with Gasteiger partial charge < -0.3 is 9.31 Å². The third-order valence-corrected chi connectivity index (χ3v) is 2.34. The van der Waals surface area contributed by atoms with E-state index in [1.165, 1.54) is 12.1 Å². The van der Waals surface area contributed by atoms with Gasteiger partial charge in [-0.25, -0.2) is 0 Å². The molecule has 0 aliphatic carbocycles. The standard InChI is InChI=1S/C15H18BF3O2/c1-11(2)20-16(21-12(3)4)10-9-13-5-7-14(8-6-13)15(17,18)19/h5-8,11-12H,1-4H3. The molecule has 0 aromatic heterocycles. The van der Waals surface area contributed by atoms with Crippen molar-refractivity contribution in [2.75, 3.05) is 0 Å². The summed E-state index contributed by atoms with van der Waals surface area (Å²) < 4.78 is 48.3. The molecule has 0 N–H and O–H groups in total. The fourth-order valence-corrected chi connectivity index (χ4v) is 1.48. The second-order valence-electron chi connectivity index (χ2n) is 5.05. The molecule has 0 unspecified atom stereocenters. The fraction of sp³-hybridized carbons (Fsp3) is 0.467. The van der Waals surface area contributed by atoms with Crippen LogP contribution in [0.25, 0.3) is 0 Å². The molecular formula is C15H18BF3O2. The van der Waals surface area contributed by atoms with Gasteiger partial charge in [0.25, 0.3) is 0 Å². The Morgan fingerprint density at radius 1 is 0.952 bits per heavy atom. The normalized spacial score (nSPS) is 11.5. The zero-order valence-electron chi connectivity index (χ0n) is 12.5. The summed E-state index contributed by atoms with van der Waals surface area (Å²) in [5, 5.41) is 0. The Kier molecular flexibility index (Phi) is 6.31. The second-order valence-corrected chi connectivity index (χ2v) is 5.05. The molecule has 1 aromatic rings. The molecule has 0 saturated carbocycles. The van der Waals surface area contributed by atoms with Gasteiger partial charge in [-0.15, -0.1) is 0 Å². The summed E-state index contributed by atoms with van der Waals surface area (Å²) in [4.78, 5) is 0. The number of hydrogen-bond acceptors (Lipinski definition) is 2. The van der Waals surface area contributed by atoms with E-state index in [1.54, 1.807) is 0 Å². The molecule has 21 heavy (non-hydrogen) atoms. The Morgan fingerprint density at radius 3 is 1.81 bits per heavy atom. The Morgan fingerprint density at radius 2 is 1.43 bits per heavy atom. The Balaban J connectivity index is 2.82. The lowest BCUT2D eigenvalue weighted by Crippen LogP contribution is -2.28. The fourth-order valence-electron chi connectivity index (χ4n) is 1.48. The van der Waals surface area contributed by atoms with Crippen molar-refractivity contribution in [1.82, 2.24) is 0 Å². The van der Waals surface area contributed by atoms with Crippen LogP contribution in [0, 0.1) is 11.7 Å². The van der Waals surface area contributed by atoms with Crippen LogP contribution in [0.15, 0.2) is 24.3 Å². The summed E-state index contributed by atoms with van der Waals surface area (Å²) in [6, 6.07) is 4.67. The molecule has 114 valence electrons. The van der Waals surface area contributed by atoms with Crippen LogP contribution >= 0.6 is 0 Å². The molecule has 0 radical (unpaired) electrons. The van der Waals surface area contributed by atoms with Gasteiger partial charge in [0.05, 0.1) is 5.56 Å². The molecule has 0 spiro atoms. The highest BCUT2D eigenvalue weighted by Gasteiger charge is 2.29. The lowest BCUT2D eigenvalue weighted by atomic mass is 9.90. The monoisotopic (exact) mass is 298 g/mol. The lowest BCUT2D eigenvalue weighted by molar-refractivity contribution is -0.137. The van der Waals surface area contributed by atoms with Gasteiger partial charge in [-0.2, -0.15) is 13.2 Å². The average Bonchev–Trinajstić information content (AvgIpc) is 2.34. The van der Waals surface area contributed by atoms with Crippen molar-refractivity contribution >= 4 is 7.12 Å². The van der Waals surface area contributed by atoms with Gasteiger partial charge >= 0.3 is 13.3 Å². The van der Waals surface area contributed by atoms with Crippen molar-refractivity contribution in [2.24, 2.45) is 0 Å². The van der Waals surface area contributed by atoms with Crippen LogP contribution in [-0.2, 0) is 15.5 Å². The highest BCUT2D eigenvalue weighted by molar-refractivity contribution is 6.54. The largest absolute Gasteiger partial charge is 0.550 e. The zero-order valence-corrected chi connectivity index (χ0v) is 12.5. The van der Waals surface area contributed by atoms with Gasteiger partial charge in [-0.05, 0) is 52.0 Å². The molecule has 0 aliphatic heterocycles. The number of benzene rings is 1. The average molecular weight is 298 g/mol. The van der Waals surface area contributed by atoms with Gasteiger partial charge in [-0.1, -0.05) is 11.7 Å². The van der Waals surface area contributed by atoms with Crippen molar-refractivity contribution in [2.45, 2.75) is 46.1 Å². The van der Waals surface area contributed by atoms with E-state index in [4.69, 9.17) is 9.31 Å². The maximum atomic E-state index is 12.4. The first kappa shape index (κ1) is 17.6. The highest BCUT2D eigenvalue weighted by atomic mass is 19.4. The van der Waals surface area contributed by atoms with Crippen LogP contribution in [0.5, 0.6) is 0 Å². The SMILES string of the molecule is CC(C)OB(C#Cc1ccc(C(F)(F)F)cc1)OC(C)C.